The molecular weight excluding hydrogens is 328 g/mol. The Morgan fingerprint density at radius 2 is 1.71 bits per heavy atom. The lowest BCUT2D eigenvalue weighted by atomic mass is 10.1. The monoisotopic (exact) mass is 346 g/mol. The first-order valence-electron chi connectivity index (χ1n) is 7.46. The van der Waals surface area contributed by atoms with Crippen LogP contribution in [0.3, 0.4) is 0 Å². The second-order valence-corrected chi connectivity index (χ2v) is 5.92. The van der Waals surface area contributed by atoms with E-state index in [1.165, 1.54) is 0 Å². The minimum absolute atomic E-state index is 0.391. The Morgan fingerprint density at radius 3 is 2.33 bits per heavy atom. The van der Waals surface area contributed by atoms with Crippen LogP contribution in [0, 0.1) is 13.8 Å². The number of hydrogen-bond acceptors (Lipinski definition) is 3. The standard InChI is InChI=1S/C18H19ClN2O3/c1-11-4-6-14(7-5-11)18(23)21-20-17(22)13(3)24-16-9-8-15(19)10-12(16)2/h4-10,13H,1-3H3,(H,20,22)(H,21,23)/t13-/m1/s1. The maximum atomic E-state index is 12.0. The van der Waals surface area contributed by atoms with Crippen LogP contribution in [0.5, 0.6) is 5.75 Å². The first-order chi connectivity index (χ1) is 11.4. The molecule has 0 unspecified atom stereocenters. The van der Waals surface area contributed by atoms with Gasteiger partial charge in [0.05, 0.1) is 0 Å². The van der Waals surface area contributed by atoms with E-state index in [0.717, 1.165) is 11.1 Å². The summed E-state index contributed by atoms with van der Waals surface area (Å²) in [4.78, 5) is 24.0. The van der Waals surface area contributed by atoms with Crippen molar-refractivity contribution in [2.24, 2.45) is 0 Å². The minimum Gasteiger partial charge on any atom is -0.481 e. The maximum absolute atomic E-state index is 12.0. The summed E-state index contributed by atoms with van der Waals surface area (Å²) in [5.74, 6) is -0.282. The molecule has 24 heavy (non-hydrogen) atoms. The molecule has 0 aromatic heterocycles. The van der Waals surface area contributed by atoms with Crippen molar-refractivity contribution in [1.29, 1.82) is 0 Å². The van der Waals surface area contributed by atoms with Gasteiger partial charge in [-0.3, -0.25) is 20.4 Å². The Kier molecular flexibility index (Phi) is 5.82. The Morgan fingerprint density at radius 1 is 1.04 bits per heavy atom. The molecule has 2 N–H and O–H groups in total. The summed E-state index contributed by atoms with van der Waals surface area (Å²) in [6.45, 7) is 5.37. The number of aryl methyl sites for hydroxylation is 2. The first-order valence-corrected chi connectivity index (χ1v) is 7.84. The van der Waals surface area contributed by atoms with Crippen LogP contribution in [0.15, 0.2) is 42.5 Å². The van der Waals surface area contributed by atoms with E-state index in [1.54, 1.807) is 37.3 Å². The Hall–Kier alpha value is -2.53. The number of hydrazine groups is 1. The predicted octanol–water partition coefficient (Wildman–Crippen LogP) is 3.19. The van der Waals surface area contributed by atoms with Crippen molar-refractivity contribution in [2.45, 2.75) is 26.9 Å². The summed E-state index contributed by atoms with van der Waals surface area (Å²) in [6, 6.07) is 12.2. The molecular formula is C18H19ClN2O3. The molecule has 0 aliphatic heterocycles. The highest BCUT2D eigenvalue weighted by Crippen LogP contribution is 2.22. The summed E-state index contributed by atoms with van der Waals surface area (Å²) in [7, 11) is 0. The van der Waals surface area contributed by atoms with Crippen molar-refractivity contribution in [1.82, 2.24) is 10.9 Å². The van der Waals surface area contributed by atoms with Crippen LogP contribution < -0.4 is 15.6 Å². The van der Waals surface area contributed by atoms with Gasteiger partial charge in [-0.15, -0.1) is 0 Å². The minimum atomic E-state index is -0.775. The summed E-state index contributed by atoms with van der Waals surface area (Å²) in [6.07, 6.45) is -0.775. The number of rotatable bonds is 4. The highest BCUT2D eigenvalue weighted by Gasteiger charge is 2.16. The molecule has 0 fully saturated rings. The van der Waals surface area contributed by atoms with E-state index >= 15 is 0 Å². The molecule has 2 aromatic rings. The molecule has 126 valence electrons. The van der Waals surface area contributed by atoms with Crippen LogP contribution in [-0.2, 0) is 4.79 Å². The first kappa shape index (κ1) is 17.8. The van der Waals surface area contributed by atoms with Crippen LogP contribution in [0.4, 0.5) is 0 Å². The van der Waals surface area contributed by atoms with Crippen molar-refractivity contribution in [3.05, 3.63) is 64.2 Å². The third-order valence-corrected chi connectivity index (χ3v) is 3.66. The number of benzene rings is 2. The molecule has 2 rings (SSSR count). The zero-order valence-electron chi connectivity index (χ0n) is 13.7. The van der Waals surface area contributed by atoms with Crippen LogP contribution in [0.25, 0.3) is 0 Å². The van der Waals surface area contributed by atoms with Gasteiger partial charge >= 0.3 is 0 Å². The van der Waals surface area contributed by atoms with E-state index in [-0.39, 0.29) is 0 Å². The van der Waals surface area contributed by atoms with E-state index < -0.39 is 17.9 Å². The van der Waals surface area contributed by atoms with Gasteiger partial charge in [-0.05, 0) is 56.7 Å². The Balaban J connectivity index is 1.89. The van der Waals surface area contributed by atoms with Crippen molar-refractivity contribution in [2.75, 3.05) is 0 Å². The van der Waals surface area contributed by atoms with Crippen LogP contribution in [-0.4, -0.2) is 17.9 Å². The quantitative estimate of drug-likeness (QED) is 0.835. The summed E-state index contributed by atoms with van der Waals surface area (Å²) >= 11 is 5.89. The Labute approximate surface area is 145 Å². The zero-order valence-corrected chi connectivity index (χ0v) is 14.5. The predicted molar refractivity (Wildman–Crippen MR) is 93.1 cm³/mol. The number of amides is 2. The fourth-order valence-corrected chi connectivity index (χ4v) is 2.21. The molecule has 5 nitrogen and oxygen atoms in total. The van der Waals surface area contributed by atoms with Gasteiger partial charge in [-0.25, -0.2) is 0 Å². The van der Waals surface area contributed by atoms with Gasteiger partial charge in [0.1, 0.15) is 5.75 Å². The zero-order chi connectivity index (χ0) is 17.7. The van der Waals surface area contributed by atoms with Crippen LogP contribution in [0.1, 0.15) is 28.4 Å². The number of nitrogens with one attached hydrogen (secondary N) is 2. The highest BCUT2D eigenvalue weighted by molar-refractivity contribution is 6.30. The van der Waals surface area contributed by atoms with Crippen molar-refractivity contribution >= 4 is 23.4 Å². The van der Waals surface area contributed by atoms with Crippen molar-refractivity contribution < 1.29 is 14.3 Å². The summed E-state index contributed by atoms with van der Waals surface area (Å²) in [5, 5.41) is 0.599. The fraction of sp³-hybridized carbons (Fsp3) is 0.222. The molecule has 0 saturated carbocycles. The van der Waals surface area contributed by atoms with Crippen LogP contribution in [0.2, 0.25) is 5.02 Å². The largest absolute Gasteiger partial charge is 0.481 e. The van der Waals surface area contributed by atoms with Gasteiger partial charge < -0.3 is 4.74 Å². The number of ether oxygens (including phenoxy) is 1. The molecule has 0 bridgehead atoms. The van der Waals surface area contributed by atoms with Crippen LogP contribution >= 0.6 is 11.6 Å². The van der Waals surface area contributed by atoms with Gasteiger partial charge in [-0.1, -0.05) is 29.3 Å². The van der Waals surface area contributed by atoms with Crippen molar-refractivity contribution in [3.63, 3.8) is 0 Å². The molecule has 0 radical (unpaired) electrons. The van der Waals surface area contributed by atoms with Gasteiger partial charge in [0.25, 0.3) is 11.8 Å². The van der Waals surface area contributed by atoms with E-state index in [0.29, 0.717) is 16.3 Å². The lowest BCUT2D eigenvalue weighted by Crippen LogP contribution is -2.47. The number of hydrogen-bond donors (Lipinski definition) is 2. The highest BCUT2D eigenvalue weighted by atomic mass is 35.5. The van der Waals surface area contributed by atoms with E-state index in [4.69, 9.17) is 16.3 Å². The molecule has 0 aliphatic rings. The second kappa shape index (κ2) is 7.84. The average Bonchev–Trinajstić information content (AvgIpc) is 2.55. The lowest BCUT2D eigenvalue weighted by Gasteiger charge is -2.16. The molecule has 2 amide bonds. The van der Waals surface area contributed by atoms with Gasteiger partial charge in [0.2, 0.25) is 0 Å². The molecule has 0 heterocycles. The SMILES string of the molecule is Cc1ccc(C(=O)NNC(=O)[C@@H](C)Oc2ccc(Cl)cc2C)cc1. The molecule has 2 aromatic carbocycles. The third-order valence-electron chi connectivity index (χ3n) is 3.42. The van der Waals surface area contributed by atoms with Gasteiger partial charge in [0.15, 0.2) is 6.10 Å². The normalized spacial score (nSPS) is 11.5. The summed E-state index contributed by atoms with van der Waals surface area (Å²) in [5.41, 5.74) is 7.06. The lowest BCUT2D eigenvalue weighted by molar-refractivity contribution is -0.128. The third kappa shape index (κ3) is 4.73. The number of halogens is 1. The fourth-order valence-electron chi connectivity index (χ4n) is 1.99. The van der Waals surface area contributed by atoms with Gasteiger partial charge in [-0.2, -0.15) is 0 Å². The smallest absolute Gasteiger partial charge is 0.279 e. The maximum Gasteiger partial charge on any atom is 0.279 e. The molecule has 0 saturated heterocycles. The van der Waals surface area contributed by atoms with Crippen molar-refractivity contribution in [3.8, 4) is 5.75 Å². The molecule has 1 atom stereocenters. The second-order valence-electron chi connectivity index (χ2n) is 5.48. The van der Waals surface area contributed by atoms with Gasteiger partial charge in [0, 0.05) is 10.6 Å². The topological polar surface area (TPSA) is 67.4 Å². The number of carbonyl (C=O) groups is 2. The molecule has 0 spiro atoms. The summed E-state index contributed by atoms with van der Waals surface area (Å²) < 4.78 is 5.59. The molecule has 6 heteroatoms. The molecule has 0 aliphatic carbocycles. The number of carbonyl (C=O) groups excluding carboxylic acids is 2. The Bertz CT molecular complexity index is 744. The van der Waals surface area contributed by atoms with E-state index in [2.05, 4.69) is 10.9 Å². The van der Waals surface area contributed by atoms with E-state index in [9.17, 15) is 9.59 Å². The average molecular weight is 347 g/mol. The van der Waals surface area contributed by atoms with E-state index in [1.807, 2.05) is 26.0 Å².